The molecule has 1 aromatic heterocycles. The van der Waals surface area contributed by atoms with Gasteiger partial charge in [-0.2, -0.15) is 5.10 Å². The topological polar surface area (TPSA) is 101 Å². The zero-order chi connectivity index (χ0) is 22.6. The Hall–Kier alpha value is -1.02. The van der Waals surface area contributed by atoms with Gasteiger partial charge in [-0.25, -0.2) is 4.99 Å². The van der Waals surface area contributed by atoms with E-state index >= 15 is 0 Å². The van der Waals surface area contributed by atoms with Crippen molar-refractivity contribution in [3.05, 3.63) is 23.3 Å². The Kier molecular flexibility index (Phi) is 8.52. The molecule has 0 radical (unpaired) electrons. The Morgan fingerprint density at radius 2 is 2.16 bits per heavy atom. The number of likely N-dealkylation sites (N-methyl/N-ethyl adjacent to an activating group) is 1. The van der Waals surface area contributed by atoms with Crippen molar-refractivity contribution < 1.29 is 7.62 Å². The summed E-state index contributed by atoms with van der Waals surface area (Å²) in [4.78, 5) is 9.29. The molecule has 3 unspecified atom stereocenters. The van der Waals surface area contributed by atoms with E-state index in [1.54, 1.807) is 10.9 Å². The molecule has 0 saturated carbocycles. The molecule has 3 heterocycles. The quantitative estimate of drug-likeness (QED) is 0.333. The number of nitrogens with one attached hydrogen (secondary N) is 2. The lowest BCUT2D eigenvalue weighted by Crippen LogP contribution is -2.32. The number of likely N-dealkylation sites (tertiary alicyclic amines) is 1. The molecule has 2 N–H and O–H groups in total. The number of nitrogens with zero attached hydrogens (tertiary/aromatic N) is 5. The van der Waals surface area contributed by atoms with E-state index in [1.165, 1.54) is 13.0 Å². The monoisotopic (exact) mass is 564 g/mol. The van der Waals surface area contributed by atoms with Gasteiger partial charge in [-0.05, 0) is 66.4 Å². The maximum Gasteiger partial charge on any atom is 0.202 e. The van der Waals surface area contributed by atoms with Crippen molar-refractivity contribution in [1.82, 2.24) is 24.9 Å². The molecule has 3 rings (SSSR count). The van der Waals surface area contributed by atoms with E-state index in [1.807, 2.05) is 27.0 Å². The molecule has 11 heteroatoms. The van der Waals surface area contributed by atoms with Crippen molar-refractivity contribution in [2.24, 2.45) is 12.0 Å². The van der Waals surface area contributed by atoms with Crippen LogP contribution in [0.3, 0.4) is 0 Å². The fourth-order valence-electron chi connectivity index (χ4n) is 3.98. The van der Waals surface area contributed by atoms with Gasteiger partial charge >= 0.3 is 0 Å². The maximum atomic E-state index is 13.4. The van der Waals surface area contributed by atoms with Crippen molar-refractivity contribution >= 4 is 39.4 Å². The molecule has 0 amide bonds. The first-order valence-corrected chi connectivity index (χ1v) is 15.7. The van der Waals surface area contributed by atoms with Crippen LogP contribution in [-0.2, 0) is 10.1 Å². The number of aliphatic imine (C=N–C) groups is 1. The van der Waals surface area contributed by atoms with Crippen molar-refractivity contribution in [2.45, 2.75) is 44.4 Å². The van der Waals surface area contributed by atoms with Crippen LogP contribution in [0.2, 0.25) is 0 Å². The van der Waals surface area contributed by atoms with Gasteiger partial charge in [-0.1, -0.05) is 0 Å². The van der Waals surface area contributed by atoms with Gasteiger partial charge in [-0.15, -0.1) is 7.67 Å². The van der Waals surface area contributed by atoms with Crippen LogP contribution >= 0.6 is 27.5 Å². The molecule has 9 nitrogen and oxygen atoms in total. The third-order valence-electron chi connectivity index (χ3n) is 6.09. The predicted octanol–water partition coefficient (Wildman–Crippen LogP) is 2.83. The van der Waals surface area contributed by atoms with Crippen LogP contribution in [-0.4, -0.2) is 81.9 Å². The van der Waals surface area contributed by atoms with E-state index in [0.29, 0.717) is 18.2 Å². The smallest absolute Gasteiger partial charge is 0.202 e. The predicted molar refractivity (Wildman–Crippen MR) is 136 cm³/mol. The largest absolute Gasteiger partial charge is 0.788 e. The number of hydrogen-bond acceptors (Lipinski definition) is 8. The lowest BCUT2D eigenvalue weighted by molar-refractivity contribution is 0.267. The highest BCUT2D eigenvalue weighted by Gasteiger charge is 2.27. The highest BCUT2D eigenvalue weighted by molar-refractivity contribution is 14.2. The van der Waals surface area contributed by atoms with E-state index in [9.17, 15) is 7.62 Å². The zero-order valence-electron chi connectivity index (χ0n) is 19.1. The second-order valence-electron chi connectivity index (χ2n) is 8.49. The summed E-state index contributed by atoms with van der Waals surface area (Å²) in [5, 5.41) is 7.34. The van der Waals surface area contributed by atoms with Crippen LogP contribution in [0.1, 0.15) is 30.7 Å². The number of hydrogen-bond donors (Lipinski definition) is 2. The molecule has 0 spiro atoms. The lowest BCUT2D eigenvalue weighted by atomic mass is 10.2. The molecule has 3 atom stereocenters. The first-order chi connectivity index (χ1) is 14.7. The molecule has 0 aliphatic carbocycles. The molecular formula is C20H35IN7O2S-. The van der Waals surface area contributed by atoms with Crippen LogP contribution in [0.25, 0.3) is 0 Å². The number of halogens is 1. The van der Waals surface area contributed by atoms with E-state index in [4.69, 9.17) is 0 Å². The zero-order valence-corrected chi connectivity index (χ0v) is 22.1. The first kappa shape index (κ1) is 24.6. The van der Waals surface area contributed by atoms with Gasteiger partial charge in [0.2, 0.25) is 19.8 Å². The second-order valence-corrected chi connectivity index (χ2v) is 15.5. The summed E-state index contributed by atoms with van der Waals surface area (Å²) in [6.07, 6.45) is 6.50. The maximum absolute atomic E-state index is 13.4. The van der Waals surface area contributed by atoms with Crippen molar-refractivity contribution in [2.75, 3.05) is 45.0 Å². The van der Waals surface area contributed by atoms with Crippen molar-refractivity contribution in [3.8, 4) is 0 Å². The minimum atomic E-state index is -2.77. The molecule has 1 saturated heterocycles. The number of rotatable bonds is 10. The van der Waals surface area contributed by atoms with Gasteiger partial charge in [0.05, 0.1) is 17.1 Å². The molecule has 176 valence electrons. The molecule has 0 bridgehead atoms. The fraction of sp³-hybridized carbons (Fsp3) is 0.700. The Morgan fingerprint density at radius 1 is 1.39 bits per heavy atom. The lowest BCUT2D eigenvalue weighted by Gasteiger charge is -2.46. The number of aromatic nitrogens is 2. The van der Waals surface area contributed by atoms with Gasteiger partial charge in [0.15, 0.2) is 0 Å². The van der Waals surface area contributed by atoms with Gasteiger partial charge in [0.25, 0.3) is 0 Å². The van der Waals surface area contributed by atoms with Crippen LogP contribution in [0.5, 0.6) is 0 Å². The highest BCUT2D eigenvalue weighted by atomic mass is 127. The van der Waals surface area contributed by atoms with Gasteiger partial charge in [0, 0.05) is 37.6 Å². The molecule has 1 fully saturated rings. The summed E-state index contributed by atoms with van der Waals surface area (Å²) < 4.78 is 30.2. The van der Waals surface area contributed by atoms with Gasteiger partial charge in [-0.3, -0.25) is 7.75 Å². The Bertz CT molecular complexity index is 844. The number of anilines is 1. The van der Waals surface area contributed by atoms with E-state index in [-0.39, 0.29) is 5.25 Å². The van der Waals surface area contributed by atoms with Crippen LogP contribution in [0.4, 0.5) is 5.69 Å². The second kappa shape index (κ2) is 10.7. The molecule has 0 aromatic carbocycles. The van der Waals surface area contributed by atoms with E-state index in [0.717, 1.165) is 43.3 Å². The number of aryl methyl sites for hydroxylation is 2. The summed E-state index contributed by atoms with van der Waals surface area (Å²) in [6, 6.07) is 0.669. The molecule has 2 aliphatic rings. The van der Waals surface area contributed by atoms with Gasteiger partial charge < -0.3 is 24.4 Å². The Balaban J connectivity index is 1.46. The minimum absolute atomic E-state index is 0.380. The third-order valence-corrected chi connectivity index (χ3v) is 12.1. The van der Waals surface area contributed by atoms with Crippen LogP contribution < -0.4 is 10.0 Å². The molecule has 31 heavy (non-hydrogen) atoms. The fourth-order valence-corrected chi connectivity index (χ4v) is 8.14. The van der Waals surface area contributed by atoms with Crippen LogP contribution in [0.15, 0.2) is 16.9 Å². The van der Waals surface area contributed by atoms with Crippen molar-refractivity contribution in [3.63, 3.8) is 0 Å². The Morgan fingerprint density at radius 3 is 2.71 bits per heavy atom. The normalized spacial score (nSPS) is 24.8. The third kappa shape index (κ3) is 6.06. The highest BCUT2D eigenvalue weighted by Crippen LogP contribution is 2.60. The molecule has 2 aliphatic heterocycles. The van der Waals surface area contributed by atoms with E-state index in [2.05, 4.69) is 44.0 Å². The first-order valence-electron chi connectivity index (χ1n) is 10.7. The standard InChI is InChI=1S/C20H36IN7O2S/c1-15-20(16(2)27(5)24-15)25-31(30,21-29)18-7-8-19(23-13-18)22-10-6-11-28-12-9-17(14-28)26(3)4/h8,13,17-18,22,25,30H,6-7,9-12,14H2,1-5H3/p-1. The average molecular weight is 565 g/mol. The minimum Gasteiger partial charge on any atom is -0.788 e. The summed E-state index contributed by atoms with van der Waals surface area (Å²) in [7, 11) is 3.38. The number of allylic oxidation sites excluding steroid dienone is 1. The Labute approximate surface area is 196 Å². The average Bonchev–Trinajstić information content (AvgIpc) is 3.32. The summed E-state index contributed by atoms with van der Waals surface area (Å²) in [5.41, 5.74) is 2.34. The molecular weight excluding hydrogens is 529 g/mol. The van der Waals surface area contributed by atoms with Crippen LogP contribution in [0, 0.1) is 13.8 Å². The van der Waals surface area contributed by atoms with Gasteiger partial charge in [0.1, 0.15) is 5.82 Å². The summed E-state index contributed by atoms with van der Waals surface area (Å²) in [5.74, 6) is 0.809. The molecule has 1 aromatic rings. The summed E-state index contributed by atoms with van der Waals surface area (Å²) in [6.45, 7) is 8.02. The van der Waals surface area contributed by atoms with Crippen molar-refractivity contribution in [1.29, 1.82) is 0 Å². The summed E-state index contributed by atoms with van der Waals surface area (Å²) >= 11 is -1.77. The van der Waals surface area contributed by atoms with E-state index < -0.39 is 27.5 Å². The SMILES string of the molecule is Cc1nn(C)c(C)c1NS([O-])(I=O)C1C=NC(NCCCN2CCC(N(C)C)C2)=CC1.